The maximum absolute atomic E-state index is 14.1. The van der Waals surface area contributed by atoms with Crippen LogP contribution in [0.4, 0.5) is 17.1 Å². The van der Waals surface area contributed by atoms with Crippen molar-refractivity contribution in [1.82, 2.24) is 20.0 Å². The number of imide groups is 1. The van der Waals surface area contributed by atoms with Crippen LogP contribution in [0, 0.1) is 11.8 Å². The standard InChI is InChI=1S/C64H69N7O13/c1-38(2)60(68-57(73)13-9-7-10-24-69-58(74)22-23-59(69)75)52(72)27-39(3)61(76)67-45-20-18-41(19-21-45)44-29-47-35-66-51-33-56(54(81-5)31-49(51)63(78)71(47)37-44)84-26-12-8-11-25-83-55-32-50-48(30-53(55)80-4)62(77)70-36-43(28-46(70)34-65-50)40-14-16-42(17-15-40)64(79)82-6/h14-23,30-39,46-47,60H,7-13,24-29H2,1-6H3,(H,67,76)(H,68,73)/t39-,46+,47+,60+/m1/s1. The van der Waals surface area contributed by atoms with Gasteiger partial charge in [-0.1, -0.05) is 51.5 Å². The number of ether oxygens (including phenoxy) is 5. The molecule has 0 saturated carbocycles. The SMILES string of the molecule is COC(=O)c1ccc(C2=CN3C(=O)c4cc(OC)c(OCCCCCOc5cc6c(cc5OC)C(=O)N5C=C(c7ccc(NC(=O)[C@H](C)CC(=O)[C@@H](NC(=O)CCCCCN8C(=O)C=CC8=O)C(C)C)cc7)C[C@H]5C=N6)cc4N=C[C@@H]3C2)cc1. The van der Waals surface area contributed by atoms with Crippen molar-refractivity contribution in [2.24, 2.45) is 21.8 Å². The zero-order valence-electron chi connectivity index (χ0n) is 48.0. The fourth-order valence-corrected chi connectivity index (χ4v) is 10.6. The molecule has 5 aliphatic rings. The highest BCUT2D eigenvalue weighted by atomic mass is 16.5. The third kappa shape index (κ3) is 13.7. The second kappa shape index (κ2) is 26.8. The normalized spacial score (nSPS) is 17.3. The van der Waals surface area contributed by atoms with Gasteiger partial charge in [0.15, 0.2) is 28.8 Å². The maximum Gasteiger partial charge on any atom is 0.337 e. The Morgan fingerprint density at radius 2 is 1.14 bits per heavy atom. The molecule has 6 amide bonds. The van der Waals surface area contributed by atoms with Crippen molar-refractivity contribution in [3.63, 3.8) is 0 Å². The number of nitrogens with one attached hydrogen (secondary N) is 2. The molecule has 0 fully saturated rings. The van der Waals surface area contributed by atoms with E-state index in [1.807, 2.05) is 50.5 Å². The van der Waals surface area contributed by atoms with Gasteiger partial charge in [0.2, 0.25) is 11.8 Å². The summed E-state index contributed by atoms with van der Waals surface area (Å²) in [6.45, 7) is 6.40. The van der Waals surface area contributed by atoms with Gasteiger partial charge in [0, 0.05) is 92.9 Å². The lowest BCUT2D eigenvalue weighted by molar-refractivity contribution is -0.137. The Balaban J connectivity index is 0.713. The molecule has 20 heteroatoms. The molecule has 0 aromatic heterocycles. The van der Waals surface area contributed by atoms with Gasteiger partial charge >= 0.3 is 5.97 Å². The van der Waals surface area contributed by atoms with Gasteiger partial charge in [-0.25, -0.2) is 4.79 Å². The van der Waals surface area contributed by atoms with Crippen molar-refractivity contribution in [3.05, 3.63) is 125 Å². The molecular weight excluding hydrogens is 1070 g/mol. The Hall–Kier alpha value is -9.20. The fraction of sp³-hybridized carbons (Fsp3) is 0.375. The molecule has 9 rings (SSSR count). The number of carbonyl (C=O) groups excluding carboxylic acids is 8. The van der Waals surface area contributed by atoms with Gasteiger partial charge in [-0.05, 0) is 96.7 Å². The first-order valence-electron chi connectivity index (χ1n) is 28.3. The van der Waals surface area contributed by atoms with E-state index in [4.69, 9.17) is 33.7 Å². The van der Waals surface area contributed by atoms with Crippen molar-refractivity contribution in [1.29, 1.82) is 0 Å². The molecule has 4 aromatic carbocycles. The number of hydrogen-bond donors (Lipinski definition) is 2. The Kier molecular flexibility index (Phi) is 19.0. The number of unbranched alkanes of at least 4 members (excludes halogenated alkanes) is 4. The molecule has 438 valence electrons. The van der Waals surface area contributed by atoms with Gasteiger partial charge in [-0.2, -0.15) is 0 Å². The van der Waals surface area contributed by atoms with Crippen LogP contribution in [0.5, 0.6) is 23.0 Å². The zero-order valence-corrected chi connectivity index (χ0v) is 48.0. The number of methoxy groups -OCH3 is 3. The van der Waals surface area contributed by atoms with Gasteiger partial charge < -0.3 is 44.1 Å². The molecule has 0 spiro atoms. The van der Waals surface area contributed by atoms with E-state index in [0.717, 1.165) is 28.7 Å². The smallest absolute Gasteiger partial charge is 0.337 e. The number of ketones is 1. The molecule has 0 radical (unpaired) electrons. The van der Waals surface area contributed by atoms with Crippen LogP contribution in [0.1, 0.15) is 127 Å². The minimum atomic E-state index is -0.760. The number of hydrogen-bond acceptors (Lipinski definition) is 15. The first kappa shape index (κ1) is 59.4. The molecule has 20 nitrogen and oxygen atoms in total. The Morgan fingerprint density at radius 1 is 0.631 bits per heavy atom. The lowest BCUT2D eigenvalue weighted by Crippen LogP contribution is -2.45. The van der Waals surface area contributed by atoms with Crippen LogP contribution >= 0.6 is 0 Å². The highest BCUT2D eigenvalue weighted by Gasteiger charge is 2.36. The number of aliphatic imine (C=N–C) groups is 2. The summed E-state index contributed by atoms with van der Waals surface area (Å²) in [6.07, 6.45) is 14.8. The maximum atomic E-state index is 14.1. The van der Waals surface area contributed by atoms with E-state index in [9.17, 15) is 38.4 Å². The third-order valence-corrected chi connectivity index (χ3v) is 15.4. The van der Waals surface area contributed by atoms with Gasteiger partial charge in [-0.3, -0.25) is 48.4 Å². The summed E-state index contributed by atoms with van der Waals surface area (Å²) in [6, 6.07) is 19.8. The average Bonchev–Trinajstić information content (AvgIpc) is 2.20. The summed E-state index contributed by atoms with van der Waals surface area (Å²) in [5, 5.41) is 5.74. The quantitative estimate of drug-likeness (QED) is 0.0339. The molecule has 4 atom stereocenters. The molecule has 0 bridgehead atoms. The summed E-state index contributed by atoms with van der Waals surface area (Å²) in [5.74, 6) is -1.50. The first-order valence-corrected chi connectivity index (χ1v) is 28.3. The van der Waals surface area contributed by atoms with Gasteiger partial charge in [0.25, 0.3) is 23.6 Å². The average molecular weight is 1140 g/mol. The van der Waals surface area contributed by atoms with Gasteiger partial charge in [-0.15, -0.1) is 0 Å². The van der Waals surface area contributed by atoms with E-state index < -0.39 is 17.9 Å². The number of nitrogens with zero attached hydrogens (tertiary/aromatic N) is 5. The molecule has 0 saturated heterocycles. The van der Waals surface area contributed by atoms with Crippen LogP contribution in [0.15, 0.2) is 107 Å². The minimum absolute atomic E-state index is 0.0683. The monoisotopic (exact) mass is 1140 g/mol. The summed E-state index contributed by atoms with van der Waals surface area (Å²) in [5.41, 5.74) is 6.32. The number of benzene rings is 4. The molecule has 84 heavy (non-hydrogen) atoms. The topological polar surface area (TPSA) is 241 Å². The summed E-state index contributed by atoms with van der Waals surface area (Å²) >= 11 is 0. The predicted octanol–water partition coefficient (Wildman–Crippen LogP) is 9.22. The Labute approximate surface area is 487 Å². The van der Waals surface area contributed by atoms with Crippen molar-refractivity contribution < 1.29 is 62.0 Å². The third-order valence-electron chi connectivity index (χ3n) is 15.4. The fourth-order valence-electron chi connectivity index (χ4n) is 10.6. The lowest BCUT2D eigenvalue weighted by atomic mass is 9.92. The molecular formula is C64H69N7O13. The van der Waals surface area contributed by atoms with Crippen molar-refractivity contribution >= 4 is 87.8 Å². The van der Waals surface area contributed by atoms with Crippen molar-refractivity contribution in [3.8, 4) is 23.0 Å². The van der Waals surface area contributed by atoms with Crippen LogP contribution in [-0.2, 0) is 28.7 Å². The molecule has 0 aliphatic carbocycles. The largest absolute Gasteiger partial charge is 0.493 e. The molecule has 0 unspecified atom stereocenters. The first-order chi connectivity index (χ1) is 40.5. The van der Waals surface area contributed by atoms with Crippen LogP contribution in [0.2, 0.25) is 0 Å². The molecule has 5 aliphatic heterocycles. The Morgan fingerprint density at radius 3 is 1.64 bits per heavy atom. The molecule has 2 N–H and O–H groups in total. The van der Waals surface area contributed by atoms with Gasteiger partial charge in [0.1, 0.15) is 0 Å². The van der Waals surface area contributed by atoms with Crippen LogP contribution in [0.3, 0.4) is 0 Å². The van der Waals surface area contributed by atoms with Crippen LogP contribution in [0.25, 0.3) is 11.1 Å². The van der Waals surface area contributed by atoms with Crippen LogP contribution < -0.4 is 29.6 Å². The van der Waals surface area contributed by atoms with E-state index in [2.05, 4.69) is 10.6 Å². The minimum Gasteiger partial charge on any atom is -0.493 e. The van der Waals surface area contributed by atoms with Crippen molar-refractivity contribution in [2.75, 3.05) is 46.4 Å². The predicted molar refractivity (Wildman–Crippen MR) is 315 cm³/mol. The van der Waals surface area contributed by atoms with Crippen molar-refractivity contribution in [2.45, 2.75) is 103 Å². The number of Topliss-reactive ketones (excluding diaryl/α,β-unsaturated/α-hetero) is 1. The Bertz CT molecular complexity index is 3360. The van der Waals surface area contributed by atoms with Gasteiger partial charge in [0.05, 0.1) is 80.7 Å². The number of esters is 1. The van der Waals surface area contributed by atoms with E-state index in [1.54, 1.807) is 77.7 Å². The second-order valence-electron chi connectivity index (χ2n) is 21.6. The lowest BCUT2D eigenvalue weighted by Gasteiger charge is -2.23. The number of anilines is 1. The number of amides is 6. The highest BCUT2D eigenvalue weighted by Crippen LogP contribution is 2.42. The van der Waals surface area contributed by atoms with E-state index >= 15 is 0 Å². The van der Waals surface area contributed by atoms with E-state index in [1.165, 1.54) is 38.4 Å². The molecule has 4 aromatic rings. The molecule has 5 heterocycles. The van der Waals surface area contributed by atoms with E-state index in [0.29, 0.717) is 121 Å². The summed E-state index contributed by atoms with van der Waals surface area (Å²) < 4.78 is 28.5. The van der Waals surface area contributed by atoms with Crippen LogP contribution in [-0.4, -0.2) is 134 Å². The van der Waals surface area contributed by atoms with E-state index in [-0.39, 0.29) is 72.1 Å². The number of fused-ring (bicyclic) bond motifs is 4. The number of carbonyl (C=O) groups is 8. The zero-order chi connectivity index (χ0) is 59.6. The number of rotatable bonds is 26. The summed E-state index contributed by atoms with van der Waals surface area (Å²) in [4.78, 5) is 117. The second-order valence-corrected chi connectivity index (χ2v) is 21.6. The summed E-state index contributed by atoms with van der Waals surface area (Å²) in [7, 11) is 4.39. The highest BCUT2D eigenvalue weighted by molar-refractivity contribution is 6.13.